The van der Waals surface area contributed by atoms with E-state index in [2.05, 4.69) is 15.9 Å². The summed E-state index contributed by atoms with van der Waals surface area (Å²) in [6.45, 7) is 1.32. The molecule has 3 aromatic rings. The van der Waals surface area contributed by atoms with E-state index in [1.165, 1.54) is 36.4 Å². The van der Waals surface area contributed by atoms with Gasteiger partial charge in [-0.1, -0.05) is 64.0 Å². The Labute approximate surface area is 222 Å². The summed E-state index contributed by atoms with van der Waals surface area (Å²) in [6.07, 6.45) is -4.55. The fraction of sp³-hybridized carbons (Fsp3) is 0.231. The van der Waals surface area contributed by atoms with Crippen molar-refractivity contribution in [3.63, 3.8) is 0 Å². The summed E-state index contributed by atoms with van der Waals surface area (Å²) >= 11 is 3.37. The molecule has 0 fully saturated rings. The van der Waals surface area contributed by atoms with Crippen molar-refractivity contribution in [2.24, 2.45) is 5.92 Å². The molecule has 37 heavy (non-hydrogen) atoms. The molecule has 1 unspecified atom stereocenters. The first-order valence-corrected chi connectivity index (χ1v) is 15.2. The van der Waals surface area contributed by atoms with Crippen LogP contribution in [-0.2, 0) is 26.0 Å². The molecule has 0 N–H and O–H groups in total. The predicted octanol–water partition coefficient (Wildman–Crippen LogP) is 5.91. The third-order valence-corrected chi connectivity index (χ3v) is 10.7. The first-order valence-electron chi connectivity index (χ1n) is 11.2. The quantitative estimate of drug-likeness (QED) is 0.324. The van der Waals surface area contributed by atoms with Crippen LogP contribution in [0.2, 0.25) is 0 Å². The van der Waals surface area contributed by atoms with Gasteiger partial charge in [-0.2, -0.15) is 17.5 Å². The summed E-state index contributed by atoms with van der Waals surface area (Å²) < 4.78 is 95.4. The van der Waals surface area contributed by atoms with Crippen molar-refractivity contribution < 1.29 is 30.0 Å². The highest BCUT2D eigenvalue weighted by atomic mass is 79.9. The van der Waals surface area contributed by atoms with Crippen LogP contribution in [0.5, 0.6) is 0 Å². The number of sulfone groups is 1. The maximum Gasteiger partial charge on any atom is 0.416 e. The van der Waals surface area contributed by atoms with Crippen molar-refractivity contribution in [3.8, 4) is 0 Å². The van der Waals surface area contributed by atoms with Gasteiger partial charge in [0.05, 0.1) is 26.8 Å². The molecule has 1 aliphatic heterocycles. The Hall–Kier alpha value is -2.47. The van der Waals surface area contributed by atoms with E-state index < -0.39 is 44.1 Å². The number of sulfonamides is 1. The maximum absolute atomic E-state index is 13.8. The lowest BCUT2D eigenvalue weighted by atomic mass is 9.90. The summed E-state index contributed by atoms with van der Waals surface area (Å²) in [4.78, 5) is -0.164. The zero-order chi connectivity index (χ0) is 27.0. The Morgan fingerprint density at radius 1 is 0.865 bits per heavy atom. The van der Waals surface area contributed by atoms with E-state index in [0.717, 1.165) is 22.0 Å². The normalized spacial score (nSPS) is 17.7. The number of hydrogen-bond donors (Lipinski definition) is 0. The third-order valence-electron chi connectivity index (χ3n) is 6.20. The molecule has 5 nitrogen and oxygen atoms in total. The van der Waals surface area contributed by atoms with E-state index in [1.54, 1.807) is 30.3 Å². The lowest BCUT2D eigenvalue weighted by Crippen LogP contribution is -2.43. The zero-order valence-corrected chi connectivity index (χ0v) is 22.8. The van der Waals surface area contributed by atoms with Crippen LogP contribution in [-0.4, -0.2) is 39.6 Å². The van der Waals surface area contributed by atoms with E-state index in [-0.39, 0.29) is 26.6 Å². The molecule has 0 amide bonds. The van der Waals surface area contributed by atoms with Crippen LogP contribution >= 0.6 is 15.9 Å². The largest absolute Gasteiger partial charge is 0.416 e. The van der Waals surface area contributed by atoms with Gasteiger partial charge in [-0.3, -0.25) is 0 Å². The summed E-state index contributed by atoms with van der Waals surface area (Å²) in [5, 5.41) is 0.192. The maximum atomic E-state index is 13.8. The second-order valence-corrected chi connectivity index (χ2v) is 13.2. The van der Waals surface area contributed by atoms with Gasteiger partial charge in [0.2, 0.25) is 19.9 Å². The van der Waals surface area contributed by atoms with Crippen LogP contribution in [0.4, 0.5) is 13.2 Å². The van der Waals surface area contributed by atoms with Gasteiger partial charge in [0, 0.05) is 17.8 Å². The lowest BCUT2D eigenvalue weighted by Gasteiger charge is -2.35. The molecule has 1 heterocycles. The van der Waals surface area contributed by atoms with Gasteiger partial charge in [-0.15, -0.1) is 0 Å². The molecule has 11 heteroatoms. The monoisotopic (exact) mass is 613 g/mol. The molecule has 0 bridgehead atoms. The highest BCUT2D eigenvalue weighted by molar-refractivity contribution is 9.09. The standard InChI is InChI=1S/C26H23BrF3NO4S2/c1-18-7-13-23(14-8-18)37(34,35)31-16-20(15-27)25(19-9-11-21(12-10-19)26(28,29)30)24(17-31)36(32,33)22-5-3-2-4-6-22/h2-14,20H,15-17H2,1H3. The summed E-state index contributed by atoms with van der Waals surface area (Å²) in [7, 11) is -8.26. The molecule has 0 saturated carbocycles. The van der Waals surface area contributed by atoms with Crippen LogP contribution in [0.1, 0.15) is 16.7 Å². The van der Waals surface area contributed by atoms with Crippen LogP contribution in [0, 0.1) is 12.8 Å². The Morgan fingerprint density at radius 2 is 1.46 bits per heavy atom. The summed E-state index contributed by atoms with van der Waals surface area (Å²) in [5.41, 5.74) is 0.594. The van der Waals surface area contributed by atoms with Crippen molar-refractivity contribution in [1.82, 2.24) is 4.31 Å². The van der Waals surface area contributed by atoms with Crippen LogP contribution < -0.4 is 0 Å². The average Bonchev–Trinajstić information content (AvgIpc) is 2.88. The molecule has 196 valence electrons. The number of halogens is 4. The lowest BCUT2D eigenvalue weighted by molar-refractivity contribution is -0.137. The van der Waals surface area contributed by atoms with E-state index in [9.17, 15) is 30.0 Å². The first-order chi connectivity index (χ1) is 17.4. The van der Waals surface area contributed by atoms with Crippen molar-refractivity contribution in [1.29, 1.82) is 0 Å². The molecule has 0 aromatic heterocycles. The SMILES string of the molecule is Cc1ccc(S(=O)(=O)N2CC(S(=O)(=O)c3ccccc3)=C(c3ccc(C(F)(F)F)cc3)C(CBr)C2)cc1. The van der Waals surface area contributed by atoms with Crippen LogP contribution in [0.3, 0.4) is 0 Å². The molecule has 4 rings (SSSR count). The number of hydrogen-bond acceptors (Lipinski definition) is 4. The Bertz CT molecular complexity index is 1520. The fourth-order valence-electron chi connectivity index (χ4n) is 4.25. The van der Waals surface area contributed by atoms with Gasteiger partial charge in [-0.05, 0) is 54.5 Å². The smallest absolute Gasteiger partial charge is 0.219 e. The summed E-state index contributed by atoms with van der Waals surface area (Å²) in [6, 6.07) is 18.1. The number of rotatable bonds is 6. The molecule has 1 atom stereocenters. The third kappa shape index (κ3) is 5.55. The van der Waals surface area contributed by atoms with E-state index in [0.29, 0.717) is 11.1 Å². The van der Waals surface area contributed by atoms with Crippen LogP contribution in [0.25, 0.3) is 5.57 Å². The minimum atomic E-state index is -4.55. The zero-order valence-electron chi connectivity index (χ0n) is 19.6. The minimum absolute atomic E-state index is 0.0286. The second kappa shape index (κ2) is 10.4. The molecular weight excluding hydrogens is 591 g/mol. The Morgan fingerprint density at radius 3 is 2.00 bits per heavy atom. The van der Waals surface area contributed by atoms with Gasteiger partial charge in [0.1, 0.15) is 0 Å². The molecule has 3 aromatic carbocycles. The first kappa shape index (κ1) is 27.6. The minimum Gasteiger partial charge on any atom is -0.219 e. The fourth-order valence-corrected chi connectivity index (χ4v) is 8.01. The number of alkyl halides is 4. The van der Waals surface area contributed by atoms with E-state index in [1.807, 2.05) is 6.92 Å². The van der Waals surface area contributed by atoms with Gasteiger partial charge in [0.25, 0.3) is 0 Å². The highest BCUT2D eigenvalue weighted by Gasteiger charge is 2.40. The van der Waals surface area contributed by atoms with E-state index in [4.69, 9.17) is 0 Å². The second-order valence-electron chi connectivity index (χ2n) is 8.69. The topological polar surface area (TPSA) is 71.5 Å². The summed E-state index contributed by atoms with van der Waals surface area (Å²) in [5.74, 6) is -0.640. The highest BCUT2D eigenvalue weighted by Crippen LogP contribution is 2.40. The molecule has 0 spiro atoms. The van der Waals surface area contributed by atoms with E-state index >= 15 is 0 Å². The Kier molecular flexibility index (Phi) is 7.72. The number of benzene rings is 3. The van der Waals surface area contributed by atoms with Gasteiger partial charge in [-0.25, -0.2) is 16.8 Å². The average molecular weight is 615 g/mol. The van der Waals surface area contributed by atoms with Crippen molar-refractivity contribution in [3.05, 3.63) is 100 Å². The Balaban J connectivity index is 1.91. The number of aryl methyl sites for hydroxylation is 1. The van der Waals surface area contributed by atoms with Gasteiger partial charge in [0.15, 0.2) is 0 Å². The van der Waals surface area contributed by atoms with Crippen molar-refractivity contribution >= 4 is 41.4 Å². The van der Waals surface area contributed by atoms with Crippen LogP contribution in [0.15, 0.2) is 93.6 Å². The molecule has 0 saturated heterocycles. The number of nitrogens with zero attached hydrogens (tertiary/aromatic N) is 1. The molecule has 1 aliphatic rings. The van der Waals surface area contributed by atoms with Crippen molar-refractivity contribution in [2.75, 3.05) is 18.4 Å². The molecule has 0 radical (unpaired) electrons. The molecule has 0 aliphatic carbocycles. The predicted molar refractivity (Wildman–Crippen MR) is 139 cm³/mol. The molecular formula is C26H23BrF3NO4S2. The van der Waals surface area contributed by atoms with Gasteiger partial charge >= 0.3 is 6.18 Å². The van der Waals surface area contributed by atoms with Gasteiger partial charge < -0.3 is 0 Å². The van der Waals surface area contributed by atoms with Crippen molar-refractivity contribution in [2.45, 2.75) is 22.9 Å².